The van der Waals surface area contributed by atoms with E-state index in [1.165, 1.54) is 18.2 Å². The molecule has 0 radical (unpaired) electrons. The molecule has 0 unspecified atom stereocenters. The van der Waals surface area contributed by atoms with Crippen molar-refractivity contribution >= 4 is 55.6 Å². The number of anilines is 1. The van der Waals surface area contributed by atoms with E-state index in [4.69, 9.17) is 27.9 Å². The molecule has 0 saturated carbocycles. The van der Waals surface area contributed by atoms with Crippen molar-refractivity contribution in [2.75, 3.05) is 5.32 Å². The predicted molar refractivity (Wildman–Crippen MR) is 123 cm³/mol. The highest BCUT2D eigenvalue weighted by Crippen LogP contribution is 2.40. The maximum absolute atomic E-state index is 13.0. The molecule has 2 N–H and O–H groups in total. The first-order valence-electron chi connectivity index (χ1n) is 9.44. The molecule has 12 heteroatoms. The third-order valence-electron chi connectivity index (χ3n) is 4.71. The molecule has 1 amide bonds. The molecular weight excluding hydrogens is 495 g/mol. The number of nitrogens with zero attached hydrogens (tertiary/aromatic N) is 2. The molecule has 1 aliphatic heterocycles. The lowest BCUT2D eigenvalue weighted by molar-refractivity contribution is 0.0702. The number of rotatable bonds is 5. The largest absolute Gasteiger partial charge is 0.487 e. The number of benzene rings is 2. The number of carbonyl (C=O) groups is 1. The summed E-state index contributed by atoms with van der Waals surface area (Å²) in [5.41, 5.74) is 0.361. The Labute approximate surface area is 199 Å². The zero-order valence-corrected chi connectivity index (χ0v) is 20.1. The SMILES string of the molecule is CC1(C)C[C@@H](NS(=O)(=O)c2nnc(NC(=O)c3ccc(Cl)cc3Cl)s2)c2ccccc2O1. The van der Waals surface area contributed by atoms with E-state index >= 15 is 0 Å². The minimum absolute atomic E-state index is 0.0223. The molecule has 0 spiro atoms. The third-order valence-corrected chi connectivity index (χ3v) is 7.93. The highest BCUT2D eigenvalue weighted by molar-refractivity contribution is 7.91. The van der Waals surface area contributed by atoms with Crippen molar-refractivity contribution in [2.45, 2.75) is 36.3 Å². The second-order valence-corrected chi connectivity index (χ2v) is 11.4. The Morgan fingerprint density at radius 1 is 1.19 bits per heavy atom. The van der Waals surface area contributed by atoms with Crippen LogP contribution in [0.1, 0.15) is 42.2 Å². The number of fused-ring (bicyclic) bond motifs is 1. The Morgan fingerprint density at radius 3 is 2.69 bits per heavy atom. The van der Waals surface area contributed by atoms with E-state index in [0.29, 0.717) is 17.2 Å². The van der Waals surface area contributed by atoms with Gasteiger partial charge in [0.15, 0.2) is 0 Å². The normalized spacial score (nSPS) is 17.3. The smallest absolute Gasteiger partial charge is 0.270 e. The third kappa shape index (κ3) is 4.89. The van der Waals surface area contributed by atoms with Crippen molar-refractivity contribution in [1.29, 1.82) is 0 Å². The Balaban J connectivity index is 1.53. The minimum Gasteiger partial charge on any atom is -0.487 e. The van der Waals surface area contributed by atoms with Crippen LogP contribution < -0.4 is 14.8 Å². The Hall–Kier alpha value is -2.24. The highest BCUT2D eigenvalue weighted by atomic mass is 35.5. The van der Waals surface area contributed by atoms with Crippen LogP contribution in [0.2, 0.25) is 10.0 Å². The van der Waals surface area contributed by atoms with Gasteiger partial charge in [-0.1, -0.05) is 52.7 Å². The molecule has 3 aromatic rings. The van der Waals surface area contributed by atoms with Crippen LogP contribution in [0.4, 0.5) is 5.13 Å². The molecule has 4 rings (SSSR count). The lowest BCUT2D eigenvalue weighted by Crippen LogP contribution is -2.41. The van der Waals surface area contributed by atoms with Crippen LogP contribution in [-0.4, -0.2) is 30.1 Å². The van der Waals surface area contributed by atoms with Gasteiger partial charge in [0.1, 0.15) is 11.4 Å². The van der Waals surface area contributed by atoms with Crippen LogP contribution in [0, 0.1) is 0 Å². The van der Waals surface area contributed by atoms with E-state index in [1.54, 1.807) is 6.07 Å². The van der Waals surface area contributed by atoms with E-state index in [0.717, 1.165) is 16.9 Å². The fourth-order valence-electron chi connectivity index (χ4n) is 3.35. The van der Waals surface area contributed by atoms with Crippen molar-refractivity contribution < 1.29 is 17.9 Å². The van der Waals surface area contributed by atoms with E-state index in [1.807, 2.05) is 32.0 Å². The maximum Gasteiger partial charge on any atom is 0.270 e. The van der Waals surface area contributed by atoms with E-state index in [-0.39, 0.29) is 20.1 Å². The fraction of sp³-hybridized carbons (Fsp3) is 0.250. The molecular formula is C20H18Cl2N4O4S2. The molecule has 1 atom stereocenters. The molecule has 1 aliphatic rings. The van der Waals surface area contributed by atoms with Crippen LogP contribution in [0.5, 0.6) is 5.75 Å². The number of para-hydroxylation sites is 1. The quantitative estimate of drug-likeness (QED) is 0.480. The molecule has 0 aliphatic carbocycles. The molecule has 8 nitrogen and oxygen atoms in total. The first-order valence-corrected chi connectivity index (χ1v) is 12.5. The van der Waals surface area contributed by atoms with Crippen molar-refractivity contribution in [1.82, 2.24) is 14.9 Å². The van der Waals surface area contributed by atoms with Gasteiger partial charge in [0.05, 0.1) is 16.6 Å². The topological polar surface area (TPSA) is 110 Å². The Bertz CT molecular complexity index is 1290. The molecule has 2 aromatic carbocycles. The standard InChI is InChI=1S/C20H18Cl2N4O4S2/c1-20(2)10-15(13-5-3-4-6-16(13)30-20)26-32(28,29)19-25-24-18(31-19)23-17(27)12-8-7-11(21)9-14(12)22/h3-9,15,26H,10H2,1-2H3,(H,23,24,27)/t15-/m1/s1. The summed E-state index contributed by atoms with van der Waals surface area (Å²) in [6, 6.07) is 11.2. The van der Waals surface area contributed by atoms with Gasteiger partial charge in [-0.2, -0.15) is 0 Å². The first kappa shape index (κ1) is 22.9. The van der Waals surface area contributed by atoms with E-state index in [2.05, 4.69) is 20.2 Å². The summed E-state index contributed by atoms with van der Waals surface area (Å²) in [6.45, 7) is 3.79. The van der Waals surface area contributed by atoms with Crippen molar-refractivity contribution in [3.05, 3.63) is 63.6 Å². The Morgan fingerprint density at radius 2 is 1.94 bits per heavy atom. The molecule has 0 fully saturated rings. The van der Waals surface area contributed by atoms with Gasteiger partial charge >= 0.3 is 0 Å². The zero-order chi connectivity index (χ0) is 23.1. The molecule has 1 aromatic heterocycles. The molecule has 32 heavy (non-hydrogen) atoms. The predicted octanol–water partition coefficient (Wildman–Crippen LogP) is 4.68. The first-order chi connectivity index (χ1) is 15.0. The monoisotopic (exact) mass is 512 g/mol. The van der Waals surface area contributed by atoms with Gasteiger partial charge < -0.3 is 4.74 Å². The number of sulfonamides is 1. The van der Waals surface area contributed by atoms with Crippen LogP contribution in [0.25, 0.3) is 0 Å². The molecule has 168 valence electrons. The number of ether oxygens (including phenoxy) is 1. The number of nitrogens with one attached hydrogen (secondary N) is 2. The van der Waals surface area contributed by atoms with Gasteiger partial charge in [-0.25, -0.2) is 13.1 Å². The Kier molecular flexibility index (Phi) is 6.17. The summed E-state index contributed by atoms with van der Waals surface area (Å²) < 4.78 is 34.4. The summed E-state index contributed by atoms with van der Waals surface area (Å²) in [7, 11) is -4.00. The summed E-state index contributed by atoms with van der Waals surface area (Å²) in [4.78, 5) is 12.5. The van der Waals surface area contributed by atoms with Gasteiger partial charge in [0.25, 0.3) is 15.9 Å². The zero-order valence-electron chi connectivity index (χ0n) is 16.9. The average Bonchev–Trinajstić information content (AvgIpc) is 3.16. The van der Waals surface area contributed by atoms with E-state index < -0.39 is 27.6 Å². The summed E-state index contributed by atoms with van der Waals surface area (Å²) in [5, 5.41) is 10.6. The summed E-state index contributed by atoms with van der Waals surface area (Å²) in [6.07, 6.45) is 0.431. The number of aromatic nitrogens is 2. The van der Waals surface area contributed by atoms with Gasteiger partial charge in [-0.05, 0) is 38.1 Å². The van der Waals surface area contributed by atoms with E-state index in [9.17, 15) is 13.2 Å². The number of carbonyl (C=O) groups excluding carboxylic acids is 1. The van der Waals surface area contributed by atoms with Gasteiger partial charge in [0, 0.05) is 17.0 Å². The average molecular weight is 513 g/mol. The molecule has 2 heterocycles. The van der Waals surface area contributed by atoms with Crippen LogP contribution in [0.15, 0.2) is 46.8 Å². The number of hydrogen-bond donors (Lipinski definition) is 2. The maximum atomic E-state index is 13.0. The molecule has 0 bridgehead atoms. The number of amides is 1. The minimum atomic E-state index is -4.00. The summed E-state index contributed by atoms with van der Waals surface area (Å²) >= 11 is 12.6. The van der Waals surface area contributed by atoms with Gasteiger partial charge in [0.2, 0.25) is 9.47 Å². The van der Waals surface area contributed by atoms with Gasteiger partial charge in [-0.3, -0.25) is 10.1 Å². The lowest BCUT2D eigenvalue weighted by atomic mass is 9.90. The second-order valence-electron chi connectivity index (χ2n) is 7.73. The van der Waals surface area contributed by atoms with Crippen molar-refractivity contribution in [2.24, 2.45) is 0 Å². The number of halogens is 2. The number of hydrogen-bond acceptors (Lipinski definition) is 7. The van der Waals surface area contributed by atoms with Crippen LogP contribution in [0.3, 0.4) is 0 Å². The van der Waals surface area contributed by atoms with Crippen molar-refractivity contribution in [3.63, 3.8) is 0 Å². The highest BCUT2D eigenvalue weighted by Gasteiger charge is 2.36. The van der Waals surface area contributed by atoms with Crippen LogP contribution in [-0.2, 0) is 10.0 Å². The molecule has 0 saturated heterocycles. The lowest BCUT2D eigenvalue weighted by Gasteiger charge is -2.37. The second kappa shape index (κ2) is 8.60. The van der Waals surface area contributed by atoms with Gasteiger partial charge in [-0.15, -0.1) is 10.2 Å². The van der Waals surface area contributed by atoms with Crippen molar-refractivity contribution in [3.8, 4) is 5.75 Å². The van der Waals surface area contributed by atoms with Crippen LogP contribution >= 0.6 is 34.5 Å². The fourth-order valence-corrected chi connectivity index (χ4v) is 5.97. The summed E-state index contributed by atoms with van der Waals surface area (Å²) in [5.74, 6) is 0.0707.